The van der Waals surface area contributed by atoms with E-state index in [2.05, 4.69) is 66.7 Å². The normalized spacial score (nSPS) is 37.3. The van der Waals surface area contributed by atoms with Crippen LogP contribution >= 0.6 is 0 Å². The topological polar surface area (TPSA) is 105 Å². The van der Waals surface area contributed by atoms with E-state index in [-0.39, 0.29) is 24.1 Å². The molecule has 7 heteroatoms. The molecule has 3 saturated carbocycles. The number of ether oxygens (including phenoxy) is 3. The van der Waals surface area contributed by atoms with Gasteiger partial charge in [-0.05, 0) is 116 Å². The van der Waals surface area contributed by atoms with Crippen LogP contribution in [0.5, 0.6) is 0 Å². The van der Waals surface area contributed by atoms with E-state index < -0.39 is 30.7 Å². The van der Waals surface area contributed by atoms with Crippen LogP contribution in [-0.2, 0) is 19.0 Å². The number of hydrogen-bond donors (Lipinski definition) is 3. The Morgan fingerprint density at radius 3 is 2.05 bits per heavy atom. The molecular formula is C51H88O7. The van der Waals surface area contributed by atoms with Crippen molar-refractivity contribution in [2.75, 3.05) is 6.61 Å². The average molecular weight is 813 g/mol. The van der Waals surface area contributed by atoms with Crippen molar-refractivity contribution in [3.63, 3.8) is 0 Å². The zero-order valence-corrected chi connectivity index (χ0v) is 38.2. The summed E-state index contributed by atoms with van der Waals surface area (Å²) in [6.45, 7) is 16.7. The van der Waals surface area contributed by atoms with Crippen LogP contribution in [0.4, 0.5) is 0 Å². The molecular weight excluding hydrogens is 725 g/mol. The number of esters is 1. The number of fused-ring (bicyclic) bond motifs is 5. The molecule has 334 valence electrons. The van der Waals surface area contributed by atoms with Crippen LogP contribution in [0.25, 0.3) is 0 Å². The van der Waals surface area contributed by atoms with E-state index in [1.165, 1.54) is 96.3 Å². The fourth-order valence-corrected chi connectivity index (χ4v) is 12.7. The van der Waals surface area contributed by atoms with Gasteiger partial charge < -0.3 is 29.5 Å². The molecule has 0 amide bonds. The van der Waals surface area contributed by atoms with Crippen LogP contribution in [0, 0.1) is 52.3 Å². The molecule has 0 spiro atoms. The van der Waals surface area contributed by atoms with Crippen molar-refractivity contribution in [1.29, 1.82) is 0 Å². The van der Waals surface area contributed by atoms with Crippen LogP contribution in [-0.4, -0.2) is 64.7 Å². The molecule has 7 nitrogen and oxygen atoms in total. The third-order valence-corrected chi connectivity index (χ3v) is 16.6. The highest BCUT2D eigenvalue weighted by molar-refractivity contribution is 5.69. The molecule has 14 atom stereocenters. The van der Waals surface area contributed by atoms with Gasteiger partial charge in [-0.25, -0.2) is 0 Å². The first kappa shape index (κ1) is 47.8. The fraction of sp³-hybridized carbons (Fsp3) is 0.902. The van der Waals surface area contributed by atoms with E-state index in [1.807, 2.05) is 0 Å². The number of rotatable bonds is 23. The molecule has 3 N–H and O–H groups in total. The zero-order valence-electron chi connectivity index (χ0n) is 38.2. The van der Waals surface area contributed by atoms with Crippen molar-refractivity contribution in [3.8, 4) is 0 Å². The molecule has 5 aliphatic rings. The van der Waals surface area contributed by atoms with E-state index in [1.54, 1.807) is 5.57 Å². The summed E-state index contributed by atoms with van der Waals surface area (Å²) in [5.74, 6) is 4.18. The largest absolute Gasteiger partial charge is 0.463 e. The summed E-state index contributed by atoms with van der Waals surface area (Å²) in [4.78, 5) is 12.6. The van der Waals surface area contributed by atoms with Crippen molar-refractivity contribution in [2.45, 2.75) is 233 Å². The van der Waals surface area contributed by atoms with Gasteiger partial charge >= 0.3 is 5.97 Å². The second-order valence-corrected chi connectivity index (χ2v) is 20.8. The van der Waals surface area contributed by atoms with E-state index in [9.17, 15) is 20.1 Å². The average Bonchev–Trinajstić information content (AvgIpc) is 3.56. The molecule has 0 aromatic rings. The third kappa shape index (κ3) is 11.8. The Kier molecular flexibility index (Phi) is 18.7. The predicted octanol–water partition coefficient (Wildman–Crippen LogP) is 11.7. The van der Waals surface area contributed by atoms with Gasteiger partial charge in [0.2, 0.25) is 0 Å². The molecule has 1 aliphatic heterocycles. The Hall–Kier alpha value is -1.25. The Morgan fingerprint density at radius 1 is 0.793 bits per heavy atom. The van der Waals surface area contributed by atoms with Gasteiger partial charge in [-0.3, -0.25) is 4.79 Å². The maximum atomic E-state index is 12.6. The van der Waals surface area contributed by atoms with Gasteiger partial charge in [0, 0.05) is 6.42 Å². The number of unbranched alkanes of at least 4 members (excludes halogenated alkanes) is 12. The molecule has 0 aromatic carbocycles. The van der Waals surface area contributed by atoms with Gasteiger partial charge in [-0.15, -0.1) is 0 Å². The molecule has 0 unspecified atom stereocenters. The van der Waals surface area contributed by atoms with Crippen molar-refractivity contribution in [3.05, 3.63) is 23.8 Å². The number of carbonyl (C=O) groups excluding carboxylic acids is 1. The Labute approximate surface area is 354 Å². The first-order valence-electron chi connectivity index (χ1n) is 24.7. The van der Waals surface area contributed by atoms with E-state index in [0.29, 0.717) is 47.3 Å². The lowest BCUT2D eigenvalue weighted by atomic mass is 9.47. The number of allylic oxidation sites excluding steroid dienone is 4. The molecule has 0 bridgehead atoms. The van der Waals surface area contributed by atoms with E-state index in [4.69, 9.17) is 14.2 Å². The summed E-state index contributed by atoms with van der Waals surface area (Å²) >= 11 is 0. The Balaban J connectivity index is 1.05. The van der Waals surface area contributed by atoms with Crippen molar-refractivity contribution >= 4 is 5.97 Å². The van der Waals surface area contributed by atoms with Crippen LogP contribution in [0.15, 0.2) is 23.8 Å². The van der Waals surface area contributed by atoms with Gasteiger partial charge in [0.05, 0.1) is 6.10 Å². The van der Waals surface area contributed by atoms with Crippen molar-refractivity contribution in [1.82, 2.24) is 0 Å². The first-order chi connectivity index (χ1) is 27.8. The molecule has 58 heavy (non-hydrogen) atoms. The maximum Gasteiger partial charge on any atom is 0.305 e. The highest BCUT2D eigenvalue weighted by Crippen LogP contribution is 2.67. The van der Waals surface area contributed by atoms with Crippen molar-refractivity contribution in [2.24, 2.45) is 52.3 Å². The van der Waals surface area contributed by atoms with Gasteiger partial charge in [0.1, 0.15) is 31.0 Å². The SMILES string of the molecule is CCCCCCCCCCCCCCCC(=O)OC[C@H]1O[C@@H](O[C@H]2CC[C@@]3(C)[C@@H](CC=C4[C@@H]3CC[C@]3(C)[C@@H]([C@H](C)C=C[C@@H](CC)C(C)C)CC[C@@H]43)C2)[C@H](O)[C@@H](O)[C@@H]1O. The summed E-state index contributed by atoms with van der Waals surface area (Å²) in [7, 11) is 0. The number of aliphatic hydroxyl groups excluding tert-OH is 3. The van der Waals surface area contributed by atoms with Gasteiger partial charge in [-0.1, -0.05) is 149 Å². The minimum absolute atomic E-state index is 0.107. The summed E-state index contributed by atoms with van der Waals surface area (Å²) in [5.41, 5.74) is 2.35. The van der Waals surface area contributed by atoms with E-state index >= 15 is 0 Å². The maximum absolute atomic E-state index is 12.6. The lowest BCUT2D eigenvalue weighted by molar-refractivity contribution is -0.316. The van der Waals surface area contributed by atoms with Gasteiger partial charge in [-0.2, -0.15) is 0 Å². The highest BCUT2D eigenvalue weighted by Gasteiger charge is 2.58. The molecule has 0 radical (unpaired) electrons. The van der Waals surface area contributed by atoms with Crippen LogP contribution in [0.2, 0.25) is 0 Å². The fourth-order valence-electron chi connectivity index (χ4n) is 12.7. The minimum Gasteiger partial charge on any atom is -0.463 e. The number of carbonyl (C=O) groups is 1. The van der Waals surface area contributed by atoms with Crippen LogP contribution in [0.3, 0.4) is 0 Å². The van der Waals surface area contributed by atoms with E-state index in [0.717, 1.165) is 50.9 Å². The second kappa shape index (κ2) is 22.7. The van der Waals surface area contributed by atoms with Crippen LogP contribution in [0.1, 0.15) is 196 Å². The van der Waals surface area contributed by atoms with Crippen LogP contribution < -0.4 is 0 Å². The molecule has 4 fully saturated rings. The lowest BCUT2D eigenvalue weighted by Gasteiger charge is -2.58. The molecule has 4 aliphatic carbocycles. The molecule has 0 aromatic heterocycles. The Bertz CT molecular complexity index is 1300. The number of hydrogen-bond acceptors (Lipinski definition) is 7. The molecule has 5 rings (SSSR count). The van der Waals surface area contributed by atoms with Gasteiger partial charge in [0.25, 0.3) is 0 Å². The second-order valence-electron chi connectivity index (χ2n) is 20.8. The summed E-state index contributed by atoms with van der Waals surface area (Å²) < 4.78 is 18.0. The highest BCUT2D eigenvalue weighted by atomic mass is 16.7. The van der Waals surface area contributed by atoms with Gasteiger partial charge in [0.15, 0.2) is 6.29 Å². The predicted molar refractivity (Wildman–Crippen MR) is 235 cm³/mol. The minimum atomic E-state index is -1.44. The number of aliphatic hydroxyl groups is 3. The monoisotopic (exact) mass is 813 g/mol. The summed E-state index contributed by atoms with van der Waals surface area (Å²) in [5, 5.41) is 32.5. The lowest BCUT2D eigenvalue weighted by Crippen LogP contribution is -2.60. The summed E-state index contributed by atoms with van der Waals surface area (Å²) in [6, 6.07) is 0. The Morgan fingerprint density at radius 2 is 1.41 bits per heavy atom. The standard InChI is InChI=1S/C51H88O7/c1-8-10-11-12-13-14-15-16-17-18-19-20-21-22-45(52)56-34-44-46(53)47(54)48(55)49(58-44)57-39-29-31-50(6)38(33-39)25-26-40-42-28-27-41(51(42,7)32-30-43(40)50)36(5)23-24-37(9-2)35(3)4/h23-24,26,35-39,41-44,46-49,53-55H,8-22,25,27-34H2,1-7H3/t36-,37-,38+,39+,41-,42+,43+,44-,46-,47+,48-,49-,50+,51-/m1/s1. The smallest absolute Gasteiger partial charge is 0.305 e. The van der Waals surface area contributed by atoms with Crippen molar-refractivity contribution < 1.29 is 34.3 Å². The first-order valence-corrected chi connectivity index (χ1v) is 24.7. The quantitative estimate of drug-likeness (QED) is 0.0536. The molecule has 1 saturated heterocycles. The zero-order chi connectivity index (χ0) is 41.9. The molecule has 1 heterocycles. The third-order valence-electron chi connectivity index (χ3n) is 16.6. The summed E-state index contributed by atoms with van der Waals surface area (Å²) in [6.07, 6.45) is 28.3.